The van der Waals surface area contributed by atoms with E-state index in [1.54, 1.807) is 18.2 Å². The van der Waals surface area contributed by atoms with Crippen LogP contribution in [0.25, 0.3) is 0 Å². The first kappa shape index (κ1) is 16.9. The summed E-state index contributed by atoms with van der Waals surface area (Å²) in [5.74, 6) is 1.29. The molecule has 2 N–H and O–H groups in total. The molecular formula is C16H13Cl3N4O. The maximum atomic E-state index is 6.08. The minimum Gasteiger partial charge on any atom is -0.489 e. The molecule has 0 atom stereocenters. The molecule has 1 heterocycles. The molecule has 0 spiro atoms. The van der Waals surface area contributed by atoms with Crippen LogP contribution in [0.3, 0.4) is 0 Å². The fraction of sp³-hybridized carbons (Fsp3) is 0.125. The predicted molar refractivity (Wildman–Crippen MR) is 96.0 cm³/mol. The van der Waals surface area contributed by atoms with Gasteiger partial charge in [-0.25, -0.2) is 10.1 Å². The molecule has 0 aliphatic heterocycles. The topological polar surface area (TPSA) is 62.8 Å². The Kier molecular flexibility index (Phi) is 5.45. The Balaban J connectivity index is 1.71. The molecule has 0 amide bonds. The number of hydrogen-bond donors (Lipinski definition) is 2. The van der Waals surface area contributed by atoms with E-state index in [9.17, 15) is 0 Å². The number of anilines is 1. The van der Waals surface area contributed by atoms with Crippen molar-refractivity contribution in [2.45, 2.75) is 13.2 Å². The Morgan fingerprint density at radius 1 is 1.04 bits per heavy atom. The maximum Gasteiger partial charge on any atom is 0.218 e. The molecule has 0 saturated carbocycles. The Labute approximate surface area is 153 Å². The van der Waals surface area contributed by atoms with Gasteiger partial charge in [-0.2, -0.15) is 5.10 Å². The van der Waals surface area contributed by atoms with Crippen LogP contribution < -0.4 is 10.1 Å². The number of aromatic nitrogens is 3. The van der Waals surface area contributed by atoms with E-state index in [0.29, 0.717) is 34.2 Å². The van der Waals surface area contributed by atoms with Gasteiger partial charge in [-0.05, 0) is 35.9 Å². The van der Waals surface area contributed by atoms with E-state index in [-0.39, 0.29) is 0 Å². The predicted octanol–water partition coefficient (Wildman–Crippen LogP) is 4.96. The zero-order valence-corrected chi connectivity index (χ0v) is 14.7. The number of H-pyrrole nitrogens is 1. The third kappa shape index (κ3) is 4.32. The maximum absolute atomic E-state index is 6.08. The Morgan fingerprint density at radius 2 is 1.92 bits per heavy atom. The molecule has 0 radical (unpaired) electrons. The summed E-state index contributed by atoms with van der Waals surface area (Å²) in [4.78, 5) is 4.02. The van der Waals surface area contributed by atoms with E-state index in [4.69, 9.17) is 39.5 Å². The monoisotopic (exact) mass is 382 g/mol. The van der Waals surface area contributed by atoms with Crippen molar-refractivity contribution < 1.29 is 4.74 Å². The lowest BCUT2D eigenvalue weighted by atomic mass is 10.2. The molecule has 3 rings (SSSR count). The van der Waals surface area contributed by atoms with Gasteiger partial charge in [-0.15, -0.1) is 0 Å². The van der Waals surface area contributed by atoms with Crippen molar-refractivity contribution in [1.29, 1.82) is 0 Å². The lowest BCUT2D eigenvalue weighted by Crippen LogP contribution is -2.05. The molecule has 24 heavy (non-hydrogen) atoms. The van der Waals surface area contributed by atoms with Crippen molar-refractivity contribution in [2.75, 3.05) is 5.32 Å². The first-order chi connectivity index (χ1) is 11.6. The van der Waals surface area contributed by atoms with Crippen molar-refractivity contribution >= 4 is 40.8 Å². The fourth-order valence-electron chi connectivity index (χ4n) is 2.09. The minimum atomic E-state index is 0.369. The highest BCUT2D eigenvalue weighted by atomic mass is 35.5. The van der Waals surface area contributed by atoms with Crippen molar-refractivity contribution in [3.8, 4) is 5.75 Å². The third-order valence-corrected chi connectivity index (χ3v) is 4.24. The highest BCUT2D eigenvalue weighted by Gasteiger charge is 2.07. The smallest absolute Gasteiger partial charge is 0.218 e. The van der Waals surface area contributed by atoms with E-state index in [1.807, 2.05) is 18.2 Å². The van der Waals surface area contributed by atoms with Crippen molar-refractivity contribution in [2.24, 2.45) is 0 Å². The van der Waals surface area contributed by atoms with Gasteiger partial charge in [0.15, 0.2) is 0 Å². The van der Waals surface area contributed by atoms with Crippen molar-refractivity contribution in [1.82, 2.24) is 15.2 Å². The minimum absolute atomic E-state index is 0.369. The normalized spacial score (nSPS) is 10.6. The highest BCUT2D eigenvalue weighted by Crippen LogP contribution is 2.26. The number of ether oxygens (including phenoxy) is 1. The third-order valence-electron chi connectivity index (χ3n) is 3.26. The second kappa shape index (κ2) is 7.75. The average molecular weight is 384 g/mol. The molecule has 8 heteroatoms. The van der Waals surface area contributed by atoms with Gasteiger partial charge in [0, 0.05) is 17.1 Å². The highest BCUT2D eigenvalue weighted by molar-refractivity contribution is 6.42. The van der Waals surface area contributed by atoms with Gasteiger partial charge in [-0.3, -0.25) is 0 Å². The van der Waals surface area contributed by atoms with Gasteiger partial charge in [0.1, 0.15) is 18.7 Å². The quantitative estimate of drug-likeness (QED) is 0.632. The number of nitrogens with one attached hydrogen (secondary N) is 2. The lowest BCUT2D eigenvalue weighted by Gasteiger charge is -2.13. The van der Waals surface area contributed by atoms with Crippen molar-refractivity contribution in [3.05, 3.63) is 68.9 Å². The molecule has 0 bridgehead atoms. The van der Waals surface area contributed by atoms with E-state index in [1.165, 1.54) is 6.33 Å². The Bertz CT molecular complexity index is 824. The van der Waals surface area contributed by atoms with E-state index < -0.39 is 0 Å². The first-order valence-electron chi connectivity index (χ1n) is 7.06. The molecule has 0 unspecified atom stereocenters. The molecule has 124 valence electrons. The fourth-order valence-corrected chi connectivity index (χ4v) is 2.60. The number of benzene rings is 2. The molecule has 0 aliphatic rings. The largest absolute Gasteiger partial charge is 0.489 e. The van der Waals surface area contributed by atoms with Gasteiger partial charge < -0.3 is 10.1 Å². The standard InChI is InChI=1S/C16H13Cl3N4O/c17-12-2-4-15(11(6-12)7-20-16-21-9-22-23-16)24-8-10-1-3-13(18)14(19)5-10/h1-6,9H,7-8H2,(H2,20,21,22,23). The zero-order chi connectivity index (χ0) is 16.9. The van der Waals surface area contributed by atoms with Gasteiger partial charge >= 0.3 is 0 Å². The van der Waals surface area contributed by atoms with Crippen LogP contribution in [0.1, 0.15) is 11.1 Å². The summed E-state index contributed by atoms with van der Waals surface area (Å²) in [5, 5.41) is 11.3. The zero-order valence-electron chi connectivity index (χ0n) is 12.4. The summed E-state index contributed by atoms with van der Waals surface area (Å²) in [6, 6.07) is 10.9. The number of halogens is 3. The Morgan fingerprint density at radius 3 is 2.67 bits per heavy atom. The molecule has 2 aromatic carbocycles. The number of aromatic amines is 1. The van der Waals surface area contributed by atoms with Crippen LogP contribution >= 0.6 is 34.8 Å². The second-order valence-corrected chi connectivity index (χ2v) is 6.23. The van der Waals surface area contributed by atoms with Crippen LogP contribution in [-0.2, 0) is 13.2 Å². The molecule has 1 aromatic heterocycles. The van der Waals surface area contributed by atoms with E-state index in [2.05, 4.69) is 20.5 Å². The van der Waals surface area contributed by atoms with Crippen LogP contribution in [0.5, 0.6) is 5.75 Å². The van der Waals surface area contributed by atoms with Crippen LogP contribution in [0.4, 0.5) is 5.95 Å². The SMILES string of the molecule is Clc1ccc(OCc2ccc(Cl)c(Cl)c2)c(CNc2ncn[nH]2)c1. The van der Waals surface area contributed by atoms with Gasteiger partial charge in [0.05, 0.1) is 10.0 Å². The summed E-state index contributed by atoms with van der Waals surface area (Å²) in [6.45, 7) is 0.861. The number of nitrogens with zero attached hydrogens (tertiary/aromatic N) is 2. The molecule has 0 aliphatic carbocycles. The first-order valence-corrected chi connectivity index (χ1v) is 8.19. The summed E-state index contributed by atoms with van der Waals surface area (Å²) in [6.07, 6.45) is 1.43. The summed E-state index contributed by atoms with van der Waals surface area (Å²) in [5.41, 5.74) is 1.83. The van der Waals surface area contributed by atoms with Crippen molar-refractivity contribution in [3.63, 3.8) is 0 Å². The summed E-state index contributed by atoms with van der Waals surface area (Å²) < 4.78 is 5.90. The van der Waals surface area contributed by atoms with Crippen LogP contribution in [0, 0.1) is 0 Å². The summed E-state index contributed by atoms with van der Waals surface area (Å²) >= 11 is 18.0. The van der Waals surface area contributed by atoms with Crippen LogP contribution in [-0.4, -0.2) is 15.2 Å². The van der Waals surface area contributed by atoms with E-state index in [0.717, 1.165) is 16.9 Å². The second-order valence-electron chi connectivity index (χ2n) is 4.98. The summed E-state index contributed by atoms with van der Waals surface area (Å²) in [7, 11) is 0. The Hall–Kier alpha value is -1.95. The number of rotatable bonds is 6. The molecule has 0 saturated heterocycles. The van der Waals surface area contributed by atoms with Gasteiger partial charge in [0.2, 0.25) is 5.95 Å². The number of hydrogen-bond acceptors (Lipinski definition) is 4. The molecule has 5 nitrogen and oxygen atoms in total. The molecule has 3 aromatic rings. The van der Waals surface area contributed by atoms with E-state index >= 15 is 0 Å². The van der Waals surface area contributed by atoms with Gasteiger partial charge in [-0.1, -0.05) is 40.9 Å². The van der Waals surface area contributed by atoms with Crippen LogP contribution in [0.15, 0.2) is 42.7 Å². The van der Waals surface area contributed by atoms with Gasteiger partial charge in [0.25, 0.3) is 0 Å². The average Bonchev–Trinajstić information content (AvgIpc) is 3.08. The van der Waals surface area contributed by atoms with Crippen LogP contribution in [0.2, 0.25) is 15.1 Å². The molecular weight excluding hydrogens is 371 g/mol. The molecule has 0 fully saturated rings. The lowest BCUT2D eigenvalue weighted by molar-refractivity contribution is 0.303.